The van der Waals surface area contributed by atoms with Crippen LogP contribution in [0.15, 0.2) is 24.3 Å². The van der Waals surface area contributed by atoms with E-state index in [0.717, 1.165) is 25.7 Å². The van der Waals surface area contributed by atoms with E-state index in [9.17, 15) is 14.0 Å². The Kier molecular flexibility index (Phi) is 3.43. The van der Waals surface area contributed by atoms with Gasteiger partial charge in [0.1, 0.15) is 5.82 Å². The van der Waals surface area contributed by atoms with Crippen molar-refractivity contribution in [3.63, 3.8) is 0 Å². The van der Waals surface area contributed by atoms with Crippen LogP contribution in [0.5, 0.6) is 0 Å². The van der Waals surface area contributed by atoms with Crippen molar-refractivity contribution in [2.24, 2.45) is 0 Å². The summed E-state index contributed by atoms with van der Waals surface area (Å²) in [5.74, 6) is -0.570. The van der Waals surface area contributed by atoms with Crippen LogP contribution >= 0.6 is 0 Å². The molecule has 21 heavy (non-hydrogen) atoms. The van der Waals surface area contributed by atoms with Gasteiger partial charge in [0.05, 0.1) is 17.6 Å². The molecule has 1 aliphatic heterocycles. The Morgan fingerprint density at radius 2 is 1.67 bits per heavy atom. The van der Waals surface area contributed by atoms with Crippen molar-refractivity contribution in [3.8, 4) is 0 Å². The van der Waals surface area contributed by atoms with Crippen LogP contribution in [0.3, 0.4) is 0 Å². The van der Waals surface area contributed by atoms with E-state index in [1.54, 1.807) is 11.9 Å². The van der Waals surface area contributed by atoms with Gasteiger partial charge in [-0.25, -0.2) is 14.1 Å². The maximum atomic E-state index is 13.0. The number of hydrogen-bond donors (Lipinski definition) is 0. The van der Waals surface area contributed by atoms with Gasteiger partial charge in [-0.05, 0) is 37.1 Å². The lowest BCUT2D eigenvalue weighted by Gasteiger charge is -2.49. The first-order chi connectivity index (χ1) is 10.0. The predicted molar refractivity (Wildman–Crippen MR) is 77.5 cm³/mol. The second-order valence-electron chi connectivity index (χ2n) is 6.01. The van der Waals surface area contributed by atoms with Gasteiger partial charge in [0.15, 0.2) is 0 Å². The second-order valence-corrected chi connectivity index (χ2v) is 6.01. The van der Waals surface area contributed by atoms with Crippen LogP contribution in [0.25, 0.3) is 0 Å². The molecule has 2 fully saturated rings. The van der Waals surface area contributed by atoms with E-state index < -0.39 is 0 Å². The number of anilines is 1. The number of carbonyl (C=O) groups is 2. The normalized spacial score (nSPS) is 22.0. The zero-order valence-corrected chi connectivity index (χ0v) is 12.1. The van der Waals surface area contributed by atoms with Crippen LogP contribution < -0.4 is 4.90 Å². The third-order valence-electron chi connectivity index (χ3n) is 4.79. The molecule has 2 aliphatic rings. The van der Waals surface area contributed by atoms with E-state index in [0.29, 0.717) is 12.1 Å². The molecule has 4 nitrogen and oxygen atoms in total. The van der Waals surface area contributed by atoms with Crippen LogP contribution in [0.2, 0.25) is 0 Å². The molecule has 0 bridgehead atoms. The number of carbonyl (C=O) groups excluding carboxylic acids is 2. The number of hydrogen-bond acceptors (Lipinski definition) is 2. The summed E-state index contributed by atoms with van der Waals surface area (Å²) in [5, 5.41) is 0. The summed E-state index contributed by atoms with van der Waals surface area (Å²) in [6.45, 7) is 0. The van der Waals surface area contributed by atoms with E-state index in [-0.39, 0.29) is 23.3 Å². The number of halogens is 1. The molecule has 5 heteroatoms. The molecule has 1 spiro atoms. The maximum Gasteiger partial charge on any atom is 0.331 e. The lowest BCUT2D eigenvalue weighted by atomic mass is 9.77. The molecule has 0 atom stereocenters. The molecule has 1 heterocycles. The van der Waals surface area contributed by atoms with Gasteiger partial charge in [-0.15, -0.1) is 0 Å². The van der Waals surface area contributed by atoms with Crippen molar-refractivity contribution in [3.05, 3.63) is 30.1 Å². The highest BCUT2D eigenvalue weighted by Crippen LogP contribution is 2.40. The Morgan fingerprint density at radius 1 is 1.05 bits per heavy atom. The fourth-order valence-corrected chi connectivity index (χ4v) is 3.51. The van der Waals surface area contributed by atoms with E-state index in [1.165, 1.54) is 35.6 Å². The second kappa shape index (κ2) is 5.13. The van der Waals surface area contributed by atoms with Crippen LogP contribution in [0.1, 0.15) is 38.5 Å². The average molecular weight is 290 g/mol. The zero-order chi connectivity index (χ0) is 15.0. The molecule has 1 aliphatic carbocycles. The minimum absolute atomic E-state index is 0.188. The molecule has 1 saturated carbocycles. The minimum atomic E-state index is -0.382. The van der Waals surface area contributed by atoms with Gasteiger partial charge in [-0.1, -0.05) is 19.3 Å². The highest BCUT2D eigenvalue weighted by atomic mass is 19.1. The van der Waals surface area contributed by atoms with Gasteiger partial charge >= 0.3 is 6.03 Å². The molecule has 0 radical (unpaired) electrons. The number of imide groups is 1. The highest BCUT2D eigenvalue weighted by Gasteiger charge is 2.48. The van der Waals surface area contributed by atoms with Crippen LogP contribution in [0.4, 0.5) is 14.9 Å². The lowest BCUT2D eigenvalue weighted by Crippen LogP contribution is -2.63. The van der Waals surface area contributed by atoms with Gasteiger partial charge < -0.3 is 4.90 Å². The summed E-state index contributed by atoms with van der Waals surface area (Å²) in [7, 11) is 1.77. The first-order valence-corrected chi connectivity index (χ1v) is 7.40. The molecular formula is C16H19FN2O2. The summed E-state index contributed by atoms with van der Waals surface area (Å²) in [6.07, 6.45) is 5.41. The van der Waals surface area contributed by atoms with Crippen molar-refractivity contribution in [1.29, 1.82) is 0 Å². The number of amides is 3. The summed E-state index contributed by atoms with van der Waals surface area (Å²) in [4.78, 5) is 28.0. The fraction of sp³-hybridized carbons (Fsp3) is 0.500. The van der Waals surface area contributed by atoms with Crippen molar-refractivity contribution < 1.29 is 14.0 Å². The minimum Gasteiger partial charge on any atom is -0.321 e. The molecule has 0 aromatic heterocycles. The highest BCUT2D eigenvalue weighted by molar-refractivity contribution is 6.16. The number of rotatable bonds is 1. The topological polar surface area (TPSA) is 40.6 Å². The Balaban J connectivity index is 1.90. The Morgan fingerprint density at radius 3 is 2.29 bits per heavy atom. The standard InChI is InChI=1S/C16H19FN2O2/c1-18-15(21)19(13-7-5-12(17)6-8-13)14(20)11-16(18)9-3-2-4-10-16/h5-8H,2-4,9-11H2,1H3. The largest absolute Gasteiger partial charge is 0.331 e. The average Bonchev–Trinajstić information content (AvgIpc) is 2.48. The van der Waals surface area contributed by atoms with Crippen molar-refractivity contribution >= 4 is 17.6 Å². The first kappa shape index (κ1) is 14.0. The predicted octanol–water partition coefficient (Wildman–Crippen LogP) is 3.32. The van der Waals surface area contributed by atoms with Gasteiger partial charge in [-0.3, -0.25) is 4.79 Å². The maximum absolute atomic E-state index is 13.0. The molecule has 0 N–H and O–H groups in total. The summed E-state index contributed by atoms with van der Waals surface area (Å²) < 4.78 is 13.0. The third-order valence-corrected chi connectivity index (χ3v) is 4.79. The zero-order valence-electron chi connectivity index (χ0n) is 12.1. The first-order valence-electron chi connectivity index (χ1n) is 7.40. The molecule has 3 rings (SSSR count). The molecule has 112 valence electrons. The summed E-state index contributed by atoms with van der Waals surface area (Å²) in [5.41, 5.74) is 0.118. The van der Waals surface area contributed by atoms with Crippen molar-refractivity contribution in [2.75, 3.05) is 11.9 Å². The van der Waals surface area contributed by atoms with Crippen LogP contribution in [-0.2, 0) is 4.79 Å². The van der Waals surface area contributed by atoms with Crippen LogP contribution in [0, 0.1) is 5.82 Å². The van der Waals surface area contributed by atoms with Gasteiger partial charge in [0.2, 0.25) is 5.91 Å². The SMILES string of the molecule is CN1C(=O)N(c2ccc(F)cc2)C(=O)CC12CCCCC2. The molecule has 3 amide bonds. The van der Waals surface area contributed by atoms with E-state index in [2.05, 4.69) is 0 Å². The lowest BCUT2D eigenvalue weighted by molar-refractivity contribution is -0.123. The molecule has 0 unspecified atom stereocenters. The number of nitrogens with zero attached hydrogens (tertiary/aromatic N) is 2. The molecule has 1 aromatic carbocycles. The van der Waals surface area contributed by atoms with Crippen LogP contribution in [-0.4, -0.2) is 29.4 Å². The Bertz CT molecular complexity index is 564. The Hall–Kier alpha value is -1.91. The van der Waals surface area contributed by atoms with Gasteiger partial charge in [0.25, 0.3) is 0 Å². The van der Waals surface area contributed by atoms with Gasteiger partial charge in [0, 0.05) is 7.05 Å². The number of benzene rings is 1. The molecular weight excluding hydrogens is 271 g/mol. The van der Waals surface area contributed by atoms with E-state index in [4.69, 9.17) is 0 Å². The third kappa shape index (κ3) is 2.30. The quantitative estimate of drug-likeness (QED) is 0.796. The van der Waals surface area contributed by atoms with Gasteiger partial charge in [-0.2, -0.15) is 0 Å². The fourth-order valence-electron chi connectivity index (χ4n) is 3.51. The molecule has 1 saturated heterocycles. The van der Waals surface area contributed by atoms with E-state index in [1.807, 2.05) is 0 Å². The van der Waals surface area contributed by atoms with E-state index >= 15 is 0 Å². The monoisotopic (exact) mass is 290 g/mol. The summed E-state index contributed by atoms with van der Waals surface area (Å²) >= 11 is 0. The Labute approximate surface area is 123 Å². The van der Waals surface area contributed by atoms with Crippen molar-refractivity contribution in [1.82, 2.24) is 4.90 Å². The smallest absolute Gasteiger partial charge is 0.321 e. The van der Waals surface area contributed by atoms with Crippen molar-refractivity contribution in [2.45, 2.75) is 44.1 Å². The summed E-state index contributed by atoms with van der Waals surface area (Å²) in [6, 6.07) is 5.16. The molecule has 1 aromatic rings. The number of urea groups is 1.